The highest BCUT2D eigenvalue weighted by molar-refractivity contribution is 7.98. The molecule has 0 saturated carbocycles. The Hall–Kier alpha value is -4.10. The average Bonchev–Trinajstić information content (AvgIpc) is 2.94. The van der Waals surface area contributed by atoms with E-state index in [1.165, 1.54) is 11.8 Å². The van der Waals surface area contributed by atoms with Gasteiger partial charge in [-0.3, -0.25) is 9.59 Å². The van der Waals surface area contributed by atoms with Crippen LogP contribution in [0.15, 0.2) is 106 Å². The van der Waals surface area contributed by atoms with E-state index in [0.717, 1.165) is 28.1 Å². The third kappa shape index (κ3) is 5.47. The van der Waals surface area contributed by atoms with Gasteiger partial charge in [-0.15, -0.1) is 0 Å². The molecule has 2 aliphatic rings. The van der Waals surface area contributed by atoms with E-state index in [-0.39, 0.29) is 16.8 Å². The second-order valence-corrected chi connectivity index (χ2v) is 12.1. The first kappa shape index (κ1) is 26.1. The minimum atomic E-state index is -0.498. The summed E-state index contributed by atoms with van der Waals surface area (Å²) in [6, 6.07) is 27.8. The van der Waals surface area contributed by atoms with Crippen molar-refractivity contribution in [3.63, 3.8) is 0 Å². The van der Waals surface area contributed by atoms with Crippen molar-refractivity contribution < 1.29 is 9.53 Å². The zero-order valence-electron chi connectivity index (χ0n) is 22.6. The number of aromatic amines is 1. The topological polar surface area (TPSA) is 84.1 Å². The second-order valence-electron chi connectivity index (χ2n) is 11.1. The maximum Gasteiger partial charge on any atom is 0.257 e. The highest BCUT2D eigenvalue weighted by atomic mass is 32.2. The number of rotatable bonds is 7. The Labute approximate surface area is 237 Å². The number of carbonyl (C=O) groups is 1. The van der Waals surface area contributed by atoms with Crippen LogP contribution in [-0.4, -0.2) is 15.8 Å². The highest BCUT2D eigenvalue weighted by Gasteiger charge is 2.42. The van der Waals surface area contributed by atoms with E-state index in [9.17, 15) is 9.59 Å². The van der Waals surface area contributed by atoms with Crippen LogP contribution in [-0.2, 0) is 17.2 Å². The third-order valence-corrected chi connectivity index (χ3v) is 8.32. The second kappa shape index (κ2) is 10.8. The van der Waals surface area contributed by atoms with Gasteiger partial charge in [0.25, 0.3) is 5.56 Å². The third-order valence-electron chi connectivity index (χ3n) is 7.38. The Morgan fingerprint density at radius 2 is 1.57 bits per heavy atom. The molecule has 1 unspecified atom stereocenters. The lowest BCUT2D eigenvalue weighted by molar-refractivity contribution is -0.118. The molecule has 0 amide bonds. The molecule has 0 bridgehead atoms. The van der Waals surface area contributed by atoms with Gasteiger partial charge in [0.15, 0.2) is 10.9 Å². The first-order valence-corrected chi connectivity index (χ1v) is 14.5. The van der Waals surface area contributed by atoms with Crippen LogP contribution in [0.3, 0.4) is 0 Å². The van der Waals surface area contributed by atoms with Crippen LogP contribution < -0.4 is 15.6 Å². The molecule has 40 heavy (non-hydrogen) atoms. The van der Waals surface area contributed by atoms with Gasteiger partial charge in [0.2, 0.25) is 0 Å². The van der Waals surface area contributed by atoms with Crippen LogP contribution in [0.25, 0.3) is 0 Å². The summed E-state index contributed by atoms with van der Waals surface area (Å²) < 4.78 is 5.99. The van der Waals surface area contributed by atoms with Gasteiger partial charge in [0.05, 0.1) is 5.56 Å². The van der Waals surface area contributed by atoms with Gasteiger partial charge in [-0.05, 0) is 40.7 Å². The SMILES string of the molecule is CC1(C)CC(=O)C2=C(C1)Nc1nc(SCc3ccccc3)[nH]c(=O)c1C2c1ccc(OCc2ccccc2)cc1. The minimum absolute atomic E-state index is 0.0701. The van der Waals surface area contributed by atoms with Crippen molar-refractivity contribution in [3.05, 3.63) is 129 Å². The van der Waals surface area contributed by atoms with Gasteiger partial charge in [-0.2, -0.15) is 0 Å². The largest absolute Gasteiger partial charge is 0.489 e. The number of aromatic nitrogens is 2. The molecule has 1 aliphatic carbocycles. The van der Waals surface area contributed by atoms with Crippen LogP contribution in [0, 0.1) is 5.41 Å². The number of fused-ring (bicyclic) bond motifs is 1. The first-order valence-electron chi connectivity index (χ1n) is 13.5. The van der Waals surface area contributed by atoms with Crippen molar-refractivity contribution in [2.45, 2.75) is 50.1 Å². The standard InChI is InChI=1S/C33H31N3O3S/c1-33(2)17-25-28(26(37)18-33)27(23-13-15-24(16-14-23)39-19-21-9-5-3-6-10-21)29-30(34-25)35-32(36-31(29)38)40-20-22-11-7-4-8-12-22/h3-16,27H,17-20H2,1-2H3,(H2,34,35,36,38). The van der Waals surface area contributed by atoms with E-state index < -0.39 is 5.92 Å². The van der Waals surface area contributed by atoms with Crippen molar-refractivity contribution in [1.82, 2.24) is 9.97 Å². The molecular formula is C33H31N3O3S. The van der Waals surface area contributed by atoms with Crippen LogP contribution in [0.5, 0.6) is 5.75 Å². The van der Waals surface area contributed by atoms with E-state index in [1.54, 1.807) is 0 Å². The fourth-order valence-electron chi connectivity index (χ4n) is 5.52. The summed E-state index contributed by atoms with van der Waals surface area (Å²) in [5, 5.41) is 3.95. The van der Waals surface area contributed by atoms with Crippen LogP contribution in [0.1, 0.15) is 54.9 Å². The number of hydrogen-bond acceptors (Lipinski definition) is 6. The molecule has 4 aromatic rings. The Balaban J connectivity index is 1.34. The van der Waals surface area contributed by atoms with Crippen molar-refractivity contribution >= 4 is 23.4 Å². The van der Waals surface area contributed by atoms with E-state index in [1.807, 2.05) is 72.8 Å². The molecule has 2 heterocycles. The molecule has 1 atom stereocenters. The van der Waals surface area contributed by atoms with Gasteiger partial charge in [0, 0.05) is 29.4 Å². The molecule has 202 valence electrons. The molecule has 6 rings (SSSR count). The molecule has 0 saturated heterocycles. The van der Waals surface area contributed by atoms with Crippen LogP contribution in [0.2, 0.25) is 0 Å². The lowest BCUT2D eigenvalue weighted by atomic mass is 9.69. The van der Waals surface area contributed by atoms with Gasteiger partial charge in [0.1, 0.15) is 18.2 Å². The number of H-pyrrole nitrogens is 1. The van der Waals surface area contributed by atoms with Crippen LogP contribution in [0.4, 0.5) is 5.82 Å². The predicted molar refractivity (Wildman–Crippen MR) is 159 cm³/mol. The van der Waals surface area contributed by atoms with E-state index in [4.69, 9.17) is 9.72 Å². The summed E-state index contributed by atoms with van der Waals surface area (Å²) in [7, 11) is 0. The molecule has 0 spiro atoms. The Morgan fingerprint density at radius 3 is 2.27 bits per heavy atom. The molecule has 3 aromatic carbocycles. The molecular weight excluding hydrogens is 518 g/mol. The summed E-state index contributed by atoms with van der Waals surface area (Å²) in [5.74, 6) is 1.52. The number of hydrogen-bond donors (Lipinski definition) is 2. The monoisotopic (exact) mass is 549 g/mol. The minimum Gasteiger partial charge on any atom is -0.489 e. The van der Waals surface area contributed by atoms with Crippen molar-refractivity contribution in [2.75, 3.05) is 5.32 Å². The number of thioether (sulfide) groups is 1. The maximum atomic E-state index is 13.6. The maximum absolute atomic E-state index is 13.6. The number of nitrogens with zero attached hydrogens (tertiary/aromatic N) is 1. The quantitative estimate of drug-likeness (QED) is 0.194. The normalized spacial score (nSPS) is 17.6. The predicted octanol–water partition coefficient (Wildman–Crippen LogP) is 6.84. The zero-order chi connectivity index (χ0) is 27.7. The smallest absolute Gasteiger partial charge is 0.257 e. The van der Waals surface area contributed by atoms with Gasteiger partial charge in [-0.1, -0.05) is 98.4 Å². The van der Waals surface area contributed by atoms with Crippen molar-refractivity contribution in [1.29, 1.82) is 0 Å². The number of carbonyl (C=O) groups excluding carboxylic acids is 1. The summed E-state index contributed by atoms with van der Waals surface area (Å²) in [6.45, 7) is 4.67. The molecule has 1 aromatic heterocycles. The number of benzene rings is 3. The fourth-order valence-corrected chi connectivity index (χ4v) is 6.33. The summed E-state index contributed by atoms with van der Waals surface area (Å²) in [4.78, 5) is 35.0. The van der Waals surface area contributed by atoms with Crippen molar-refractivity contribution in [2.24, 2.45) is 5.41 Å². The van der Waals surface area contributed by atoms with Crippen molar-refractivity contribution in [3.8, 4) is 5.75 Å². The lowest BCUT2D eigenvalue weighted by Crippen LogP contribution is -2.37. The molecule has 7 heteroatoms. The van der Waals surface area contributed by atoms with E-state index in [2.05, 4.69) is 36.3 Å². The summed E-state index contributed by atoms with van der Waals surface area (Å²) in [6.07, 6.45) is 1.15. The molecule has 2 N–H and O–H groups in total. The fraction of sp³-hybridized carbons (Fsp3) is 0.242. The lowest BCUT2D eigenvalue weighted by Gasteiger charge is -2.38. The van der Waals surface area contributed by atoms with E-state index >= 15 is 0 Å². The first-order chi connectivity index (χ1) is 19.4. The van der Waals surface area contributed by atoms with Gasteiger partial charge >= 0.3 is 0 Å². The van der Waals surface area contributed by atoms with Gasteiger partial charge in [-0.25, -0.2) is 4.98 Å². The number of allylic oxidation sites excluding steroid dienone is 2. The molecule has 0 radical (unpaired) electrons. The van der Waals surface area contributed by atoms with Gasteiger partial charge < -0.3 is 15.0 Å². The van der Waals surface area contributed by atoms with E-state index in [0.29, 0.717) is 47.3 Å². The zero-order valence-corrected chi connectivity index (χ0v) is 23.4. The number of ether oxygens (including phenoxy) is 1. The molecule has 1 aliphatic heterocycles. The number of ketones is 1. The van der Waals surface area contributed by atoms with Crippen LogP contribution >= 0.6 is 11.8 Å². The summed E-state index contributed by atoms with van der Waals surface area (Å²) in [5.41, 5.74) is 4.71. The molecule has 0 fully saturated rings. The number of Topliss-reactive ketones (excluding diaryl/α,β-unsaturated/α-hetero) is 1. The highest BCUT2D eigenvalue weighted by Crippen LogP contribution is 2.47. The Bertz CT molecular complexity index is 1630. The number of anilines is 1. The Morgan fingerprint density at radius 1 is 0.900 bits per heavy atom. The summed E-state index contributed by atoms with van der Waals surface area (Å²) >= 11 is 1.49. The molecule has 6 nitrogen and oxygen atoms in total. The number of nitrogens with one attached hydrogen (secondary N) is 2. The average molecular weight is 550 g/mol. The Kier molecular flexibility index (Phi) is 7.07.